The van der Waals surface area contributed by atoms with E-state index in [9.17, 15) is 4.39 Å². The lowest BCUT2D eigenvalue weighted by Crippen LogP contribution is -2.09. The van der Waals surface area contributed by atoms with Crippen molar-refractivity contribution in [2.24, 2.45) is 0 Å². The molecule has 0 bridgehead atoms. The van der Waals surface area contributed by atoms with Crippen LogP contribution in [-0.2, 0) is 0 Å². The Balaban J connectivity index is 2.31. The minimum atomic E-state index is -0.0481. The van der Waals surface area contributed by atoms with Gasteiger partial charge in [0.1, 0.15) is 5.82 Å². The molecule has 1 aliphatic rings. The Morgan fingerprint density at radius 2 is 2.20 bits per heavy atom. The second-order valence-electron chi connectivity index (χ2n) is 4.63. The molecule has 1 saturated heterocycles. The highest BCUT2D eigenvalue weighted by Crippen LogP contribution is 2.27. The fourth-order valence-corrected chi connectivity index (χ4v) is 2.15. The molecule has 2 heteroatoms. The van der Waals surface area contributed by atoms with Crippen LogP contribution in [-0.4, -0.2) is 13.1 Å². The molecule has 0 aromatic heterocycles. The van der Waals surface area contributed by atoms with E-state index >= 15 is 0 Å². The molecule has 1 heterocycles. The predicted octanol–water partition coefficient (Wildman–Crippen LogP) is 3.03. The molecule has 1 aliphatic heterocycles. The molecule has 0 spiro atoms. The third-order valence-corrected chi connectivity index (χ3v) is 3.19. The maximum atomic E-state index is 13.7. The van der Waals surface area contributed by atoms with E-state index in [1.807, 2.05) is 12.1 Å². The van der Waals surface area contributed by atoms with E-state index in [4.69, 9.17) is 0 Å². The molecular formula is C13H18FN. The lowest BCUT2D eigenvalue weighted by Gasteiger charge is -2.13. The third kappa shape index (κ3) is 2.20. The third-order valence-electron chi connectivity index (χ3n) is 3.19. The zero-order valence-electron chi connectivity index (χ0n) is 9.39. The number of benzene rings is 1. The van der Waals surface area contributed by atoms with Gasteiger partial charge in [-0.25, -0.2) is 4.39 Å². The van der Waals surface area contributed by atoms with Crippen LogP contribution in [0.25, 0.3) is 0 Å². The molecule has 2 rings (SSSR count). The number of halogens is 1. The highest BCUT2D eigenvalue weighted by molar-refractivity contribution is 5.30. The second kappa shape index (κ2) is 4.31. The summed E-state index contributed by atoms with van der Waals surface area (Å²) in [6.07, 6.45) is 1.05. The van der Waals surface area contributed by atoms with Gasteiger partial charge in [-0.05, 0) is 36.1 Å². The Labute approximate surface area is 90.7 Å². The lowest BCUT2D eigenvalue weighted by atomic mass is 9.93. The van der Waals surface area contributed by atoms with Crippen LogP contribution in [0.4, 0.5) is 4.39 Å². The summed E-state index contributed by atoms with van der Waals surface area (Å²) in [6, 6.07) is 5.55. The summed E-state index contributed by atoms with van der Waals surface area (Å²) >= 11 is 0. The monoisotopic (exact) mass is 207 g/mol. The molecule has 1 aromatic rings. The van der Waals surface area contributed by atoms with Gasteiger partial charge in [-0.1, -0.05) is 26.0 Å². The largest absolute Gasteiger partial charge is 0.316 e. The van der Waals surface area contributed by atoms with Crippen molar-refractivity contribution in [1.29, 1.82) is 0 Å². The number of hydrogen-bond donors (Lipinski definition) is 1. The molecule has 1 N–H and O–H groups in total. The Hall–Kier alpha value is -0.890. The average molecular weight is 207 g/mol. The zero-order valence-corrected chi connectivity index (χ0v) is 9.39. The highest BCUT2D eigenvalue weighted by atomic mass is 19.1. The van der Waals surface area contributed by atoms with Gasteiger partial charge >= 0.3 is 0 Å². The maximum Gasteiger partial charge on any atom is 0.126 e. The molecule has 1 unspecified atom stereocenters. The van der Waals surface area contributed by atoms with Gasteiger partial charge in [-0.15, -0.1) is 0 Å². The first-order chi connectivity index (χ1) is 7.18. The van der Waals surface area contributed by atoms with Crippen LogP contribution in [0.15, 0.2) is 18.2 Å². The number of rotatable bonds is 2. The first-order valence-electron chi connectivity index (χ1n) is 5.68. The fourth-order valence-electron chi connectivity index (χ4n) is 2.15. The predicted molar refractivity (Wildman–Crippen MR) is 60.7 cm³/mol. The SMILES string of the molecule is CC(C)c1ccc(F)c(C2CCNC2)c1. The standard InChI is InChI=1S/C13H18FN/c1-9(2)10-3-4-13(14)12(7-10)11-5-6-15-8-11/h3-4,7,9,11,15H,5-6,8H2,1-2H3. The van der Waals surface area contributed by atoms with Crippen molar-refractivity contribution in [2.45, 2.75) is 32.1 Å². The molecule has 1 fully saturated rings. The Bertz CT molecular complexity index is 340. The van der Waals surface area contributed by atoms with E-state index in [1.54, 1.807) is 6.07 Å². The van der Waals surface area contributed by atoms with E-state index in [1.165, 1.54) is 5.56 Å². The van der Waals surface area contributed by atoms with Crippen LogP contribution in [0, 0.1) is 5.82 Å². The van der Waals surface area contributed by atoms with E-state index in [0.717, 1.165) is 25.1 Å². The first-order valence-corrected chi connectivity index (χ1v) is 5.68. The van der Waals surface area contributed by atoms with Gasteiger partial charge < -0.3 is 5.32 Å². The summed E-state index contributed by atoms with van der Waals surface area (Å²) in [5.74, 6) is 0.788. The van der Waals surface area contributed by atoms with E-state index < -0.39 is 0 Å². The van der Waals surface area contributed by atoms with Crippen LogP contribution in [0.1, 0.15) is 43.2 Å². The number of nitrogens with one attached hydrogen (secondary N) is 1. The first kappa shape index (κ1) is 10.6. The molecule has 0 saturated carbocycles. The smallest absolute Gasteiger partial charge is 0.126 e. The van der Waals surface area contributed by atoms with Crippen molar-refractivity contribution in [1.82, 2.24) is 5.32 Å². The quantitative estimate of drug-likeness (QED) is 0.786. The van der Waals surface area contributed by atoms with Crippen LogP contribution in [0.2, 0.25) is 0 Å². The lowest BCUT2D eigenvalue weighted by molar-refractivity contribution is 0.586. The molecule has 1 atom stereocenters. The van der Waals surface area contributed by atoms with E-state index in [2.05, 4.69) is 19.2 Å². The number of hydrogen-bond acceptors (Lipinski definition) is 1. The molecule has 0 amide bonds. The Morgan fingerprint density at radius 1 is 1.40 bits per heavy atom. The van der Waals surface area contributed by atoms with Gasteiger partial charge in [-0.3, -0.25) is 0 Å². The van der Waals surface area contributed by atoms with Crippen LogP contribution in [0.5, 0.6) is 0 Å². The molecule has 1 nitrogen and oxygen atoms in total. The molecule has 82 valence electrons. The van der Waals surface area contributed by atoms with Gasteiger partial charge in [0, 0.05) is 12.5 Å². The fraction of sp³-hybridized carbons (Fsp3) is 0.538. The normalized spacial score (nSPS) is 21.2. The topological polar surface area (TPSA) is 12.0 Å². The minimum Gasteiger partial charge on any atom is -0.316 e. The van der Waals surface area contributed by atoms with Crippen molar-refractivity contribution in [3.63, 3.8) is 0 Å². The Morgan fingerprint density at radius 3 is 2.80 bits per heavy atom. The zero-order chi connectivity index (χ0) is 10.8. The summed E-state index contributed by atoms with van der Waals surface area (Å²) < 4.78 is 13.7. The second-order valence-corrected chi connectivity index (χ2v) is 4.63. The molecule has 0 radical (unpaired) electrons. The van der Waals surface area contributed by atoms with Gasteiger partial charge in [0.2, 0.25) is 0 Å². The minimum absolute atomic E-state index is 0.0481. The van der Waals surface area contributed by atoms with Crippen LogP contribution in [0.3, 0.4) is 0 Å². The van der Waals surface area contributed by atoms with Crippen molar-refractivity contribution < 1.29 is 4.39 Å². The van der Waals surface area contributed by atoms with Gasteiger partial charge in [-0.2, -0.15) is 0 Å². The van der Waals surface area contributed by atoms with Crippen molar-refractivity contribution in [2.75, 3.05) is 13.1 Å². The highest BCUT2D eigenvalue weighted by Gasteiger charge is 2.20. The van der Waals surface area contributed by atoms with E-state index in [-0.39, 0.29) is 5.82 Å². The maximum absolute atomic E-state index is 13.7. The van der Waals surface area contributed by atoms with Crippen molar-refractivity contribution in [3.8, 4) is 0 Å². The van der Waals surface area contributed by atoms with Crippen LogP contribution < -0.4 is 5.32 Å². The van der Waals surface area contributed by atoms with Crippen LogP contribution >= 0.6 is 0 Å². The molecular weight excluding hydrogens is 189 g/mol. The summed E-state index contributed by atoms with van der Waals surface area (Å²) in [4.78, 5) is 0. The summed E-state index contributed by atoms with van der Waals surface area (Å²) in [5, 5.41) is 3.28. The van der Waals surface area contributed by atoms with Gasteiger partial charge in [0.05, 0.1) is 0 Å². The summed E-state index contributed by atoms with van der Waals surface area (Å²) in [6.45, 7) is 6.21. The average Bonchev–Trinajstić information content (AvgIpc) is 2.71. The van der Waals surface area contributed by atoms with Crippen molar-refractivity contribution in [3.05, 3.63) is 35.1 Å². The van der Waals surface area contributed by atoms with Gasteiger partial charge in [0.25, 0.3) is 0 Å². The van der Waals surface area contributed by atoms with Crippen molar-refractivity contribution >= 4 is 0 Å². The molecule has 1 aromatic carbocycles. The Kier molecular flexibility index (Phi) is 3.06. The molecule has 0 aliphatic carbocycles. The van der Waals surface area contributed by atoms with Gasteiger partial charge in [0.15, 0.2) is 0 Å². The summed E-state index contributed by atoms with van der Waals surface area (Å²) in [5.41, 5.74) is 2.13. The summed E-state index contributed by atoms with van der Waals surface area (Å²) in [7, 11) is 0. The molecule has 15 heavy (non-hydrogen) atoms. The van der Waals surface area contributed by atoms with E-state index in [0.29, 0.717) is 11.8 Å².